The van der Waals surface area contributed by atoms with E-state index in [1.165, 1.54) is 33.5 Å². The molecule has 1 aliphatic rings. The number of halogens is 1. The molecule has 0 aliphatic carbocycles. The van der Waals surface area contributed by atoms with Crippen LogP contribution in [0.1, 0.15) is 5.56 Å². The molecule has 0 radical (unpaired) electrons. The summed E-state index contributed by atoms with van der Waals surface area (Å²) in [5, 5.41) is 0. The topological polar surface area (TPSA) is 57.7 Å². The van der Waals surface area contributed by atoms with E-state index in [2.05, 4.69) is 0 Å². The van der Waals surface area contributed by atoms with Crippen LogP contribution in [0.25, 0.3) is 0 Å². The largest absolute Gasteiger partial charge is 0.343 e. The smallest absolute Gasteiger partial charge is 0.237 e. The van der Waals surface area contributed by atoms with Gasteiger partial charge in [0.15, 0.2) is 0 Å². The molecule has 1 aromatic carbocycles. The van der Waals surface area contributed by atoms with Crippen LogP contribution in [0.2, 0.25) is 0 Å². The van der Waals surface area contributed by atoms with Crippen molar-refractivity contribution < 1.29 is 17.6 Å². The summed E-state index contributed by atoms with van der Waals surface area (Å²) >= 11 is 0. The van der Waals surface area contributed by atoms with Crippen LogP contribution in [-0.4, -0.2) is 50.2 Å². The third kappa shape index (κ3) is 3.30. The molecule has 0 saturated carbocycles. The maximum Gasteiger partial charge on any atom is 0.237 e. The number of likely N-dealkylation sites (N-methyl/N-ethyl adjacent to an activating group) is 1. The highest BCUT2D eigenvalue weighted by molar-refractivity contribution is 7.88. The summed E-state index contributed by atoms with van der Waals surface area (Å²) in [6, 6.07) is 5.32. The Balaban J connectivity index is 2.10. The Bertz CT molecular complexity index is 571. The normalized spacial score (nSPS) is 17.8. The molecule has 1 saturated heterocycles. The van der Waals surface area contributed by atoms with Gasteiger partial charge in [0.2, 0.25) is 15.9 Å². The summed E-state index contributed by atoms with van der Waals surface area (Å²) in [5.74, 6) is -0.838. The molecule has 0 aromatic heterocycles. The van der Waals surface area contributed by atoms with Gasteiger partial charge in [0, 0.05) is 20.1 Å². The van der Waals surface area contributed by atoms with Gasteiger partial charge in [-0.1, -0.05) is 12.1 Å². The van der Waals surface area contributed by atoms with Gasteiger partial charge in [0.05, 0.1) is 12.3 Å². The first kappa shape index (κ1) is 14.0. The van der Waals surface area contributed by atoms with Crippen LogP contribution in [0.3, 0.4) is 0 Å². The van der Waals surface area contributed by atoms with E-state index in [1.807, 2.05) is 0 Å². The molecule has 0 atom stereocenters. The Morgan fingerprint density at radius 1 is 1.21 bits per heavy atom. The molecular weight excluding hydrogens is 271 g/mol. The van der Waals surface area contributed by atoms with E-state index < -0.39 is 15.8 Å². The zero-order valence-electron chi connectivity index (χ0n) is 10.5. The minimum atomic E-state index is -3.54. The number of hydrogen-bond acceptors (Lipinski definition) is 3. The molecule has 19 heavy (non-hydrogen) atoms. The van der Waals surface area contributed by atoms with Gasteiger partial charge >= 0.3 is 0 Å². The van der Waals surface area contributed by atoms with Gasteiger partial charge in [-0.15, -0.1) is 0 Å². The Morgan fingerprint density at radius 2 is 1.84 bits per heavy atom. The van der Waals surface area contributed by atoms with E-state index in [1.54, 1.807) is 7.05 Å². The predicted octanol–water partition coefficient (Wildman–Crippen LogP) is 0.429. The molecule has 0 spiro atoms. The molecule has 1 aromatic rings. The van der Waals surface area contributed by atoms with Crippen LogP contribution in [0.15, 0.2) is 24.3 Å². The van der Waals surface area contributed by atoms with Gasteiger partial charge in [0.1, 0.15) is 5.82 Å². The van der Waals surface area contributed by atoms with Gasteiger partial charge in [-0.25, -0.2) is 12.8 Å². The van der Waals surface area contributed by atoms with E-state index in [4.69, 9.17) is 0 Å². The lowest BCUT2D eigenvalue weighted by Gasteiger charge is -2.31. The van der Waals surface area contributed by atoms with Crippen LogP contribution in [0, 0.1) is 5.82 Å². The van der Waals surface area contributed by atoms with E-state index in [9.17, 15) is 17.6 Å². The fourth-order valence-corrected chi connectivity index (χ4v) is 3.32. The number of amides is 1. The summed E-state index contributed by atoms with van der Waals surface area (Å²) in [6.07, 6.45) is 0. The van der Waals surface area contributed by atoms with Crippen molar-refractivity contribution in [2.45, 2.75) is 5.75 Å². The number of benzene rings is 1. The van der Waals surface area contributed by atoms with Crippen LogP contribution >= 0.6 is 0 Å². The van der Waals surface area contributed by atoms with Gasteiger partial charge in [0.25, 0.3) is 0 Å². The zero-order chi connectivity index (χ0) is 14.0. The average molecular weight is 286 g/mol. The first-order valence-electron chi connectivity index (χ1n) is 5.85. The number of piperazine rings is 1. The molecule has 1 amide bonds. The number of rotatable bonds is 3. The molecule has 5 nitrogen and oxygen atoms in total. The first-order valence-corrected chi connectivity index (χ1v) is 7.45. The molecule has 1 heterocycles. The Hall–Kier alpha value is -1.47. The van der Waals surface area contributed by atoms with Gasteiger partial charge in [-0.2, -0.15) is 4.31 Å². The second-order valence-corrected chi connectivity index (χ2v) is 6.50. The van der Waals surface area contributed by atoms with Crippen LogP contribution < -0.4 is 0 Å². The summed E-state index contributed by atoms with van der Waals surface area (Å²) in [5.41, 5.74) is 0.507. The summed E-state index contributed by atoms with van der Waals surface area (Å²) in [4.78, 5) is 13.0. The summed E-state index contributed by atoms with van der Waals surface area (Å²) in [6.45, 7) is 0.563. The van der Waals surface area contributed by atoms with Crippen molar-refractivity contribution >= 4 is 15.9 Å². The number of carbonyl (C=O) groups is 1. The Kier molecular flexibility index (Phi) is 3.86. The fourth-order valence-electron chi connectivity index (χ4n) is 1.86. The molecule has 0 bridgehead atoms. The first-order chi connectivity index (χ1) is 8.88. The van der Waals surface area contributed by atoms with Crippen molar-refractivity contribution in [2.75, 3.05) is 26.7 Å². The molecule has 0 unspecified atom stereocenters. The van der Waals surface area contributed by atoms with Crippen molar-refractivity contribution in [3.05, 3.63) is 35.6 Å². The average Bonchev–Trinajstić information content (AvgIpc) is 2.35. The van der Waals surface area contributed by atoms with Gasteiger partial charge < -0.3 is 4.90 Å². The monoisotopic (exact) mass is 286 g/mol. The Labute approximate surface area is 111 Å². The maximum absolute atomic E-state index is 12.8. The molecule has 7 heteroatoms. The fraction of sp³-hybridized carbons (Fsp3) is 0.417. The molecule has 1 fully saturated rings. The van der Waals surface area contributed by atoms with E-state index in [0.29, 0.717) is 18.7 Å². The lowest BCUT2D eigenvalue weighted by atomic mass is 10.2. The van der Waals surface area contributed by atoms with Crippen molar-refractivity contribution in [1.29, 1.82) is 0 Å². The third-order valence-corrected chi connectivity index (χ3v) is 4.87. The molecule has 0 N–H and O–H groups in total. The molecular formula is C12H15FN2O3S. The van der Waals surface area contributed by atoms with Crippen molar-refractivity contribution in [2.24, 2.45) is 0 Å². The molecule has 2 rings (SSSR count). The second kappa shape index (κ2) is 5.26. The number of sulfonamides is 1. The summed E-state index contributed by atoms with van der Waals surface area (Å²) < 4.78 is 38.2. The summed E-state index contributed by atoms with van der Waals surface area (Å²) in [7, 11) is -1.90. The maximum atomic E-state index is 12.8. The highest BCUT2D eigenvalue weighted by Crippen LogP contribution is 2.14. The van der Waals surface area contributed by atoms with Gasteiger partial charge in [-0.05, 0) is 17.7 Å². The lowest BCUT2D eigenvalue weighted by Crippen LogP contribution is -2.50. The number of carbonyl (C=O) groups excluding carboxylic acids is 1. The second-order valence-electron chi connectivity index (χ2n) is 4.53. The number of hydrogen-bond donors (Lipinski definition) is 0. The van der Waals surface area contributed by atoms with Crippen LogP contribution in [0.5, 0.6) is 0 Å². The highest BCUT2D eigenvalue weighted by Gasteiger charge is 2.30. The van der Waals surface area contributed by atoms with Gasteiger partial charge in [-0.3, -0.25) is 4.79 Å². The minimum absolute atomic E-state index is 0.125. The minimum Gasteiger partial charge on any atom is -0.343 e. The van der Waals surface area contributed by atoms with Crippen molar-refractivity contribution in [1.82, 2.24) is 9.21 Å². The van der Waals surface area contributed by atoms with Crippen molar-refractivity contribution in [3.8, 4) is 0 Å². The van der Waals surface area contributed by atoms with Crippen LogP contribution in [-0.2, 0) is 20.6 Å². The third-order valence-electron chi connectivity index (χ3n) is 3.08. The lowest BCUT2D eigenvalue weighted by molar-refractivity contribution is -0.132. The molecule has 104 valence electrons. The van der Waals surface area contributed by atoms with Crippen LogP contribution in [0.4, 0.5) is 4.39 Å². The van der Waals surface area contributed by atoms with E-state index in [0.717, 1.165) is 0 Å². The predicted molar refractivity (Wildman–Crippen MR) is 68.2 cm³/mol. The van der Waals surface area contributed by atoms with E-state index in [-0.39, 0.29) is 18.2 Å². The van der Waals surface area contributed by atoms with E-state index >= 15 is 0 Å². The molecule has 1 aliphatic heterocycles. The zero-order valence-corrected chi connectivity index (χ0v) is 11.4. The standard InChI is InChI=1S/C12H15FN2O3S/c1-14-6-7-15(8-12(14)16)19(17,18)9-10-2-4-11(13)5-3-10/h2-5H,6-9H2,1H3. The van der Waals surface area contributed by atoms with Crippen molar-refractivity contribution in [3.63, 3.8) is 0 Å². The number of nitrogens with zero attached hydrogens (tertiary/aromatic N) is 2. The highest BCUT2D eigenvalue weighted by atomic mass is 32.2. The quantitative estimate of drug-likeness (QED) is 0.809. The Morgan fingerprint density at radius 3 is 2.42 bits per heavy atom. The SMILES string of the molecule is CN1CCN(S(=O)(=O)Cc2ccc(F)cc2)CC1=O.